The maximum Gasteiger partial charge on any atom is 0.0899 e. The van der Waals surface area contributed by atoms with Crippen molar-refractivity contribution in [3.8, 4) is 0 Å². The summed E-state index contributed by atoms with van der Waals surface area (Å²) in [7, 11) is 0.383. The monoisotopic (exact) mass is 362 g/mol. The summed E-state index contributed by atoms with van der Waals surface area (Å²) in [5.41, 5.74) is 0. The summed E-state index contributed by atoms with van der Waals surface area (Å²) in [6.45, 7) is 19.2. The molecular formula is C12H36NiP4+4. The molecule has 17 heavy (non-hydrogen) atoms. The van der Waals surface area contributed by atoms with Gasteiger partial charge in [-0.1, -0.05) is 0 Å². The van der Waals surface area contributed by atoms with Crippen molar-refractivity contribution in [2.75, 3.05) is 78.0 Å². The Morgan fingerprint density at radius 3 is 0.588 bits per heavy atom. The van der Waals surface area contributed by atoms with Gasteiger partial charge >= 0.3 is 0 Å². The summed E-state index contributed by atoms with van der Waals surface area (Å²) in [6, 6.07) is 0. The van der Waals surface area contributed by atoms with Gasteiger partial charge in [-0.3, -0.25) is 0 Å². The summed E-state index contributed by atoms with van der Waals surface area (Å²) in [6.07, 6.45) is 6.13. The van der Waals surface area contributed by atoms with E-state index in [9.17, 15) is 0 Å². The van der Waals surface area contributed by atoms with Gasteiger partial charge in [-0.05, 0) is 31.7 Å². The molecule has 0 amide bonds. The molecule has 5 heteroatoms. The SMILES string of the molecule is C[PH+](C)CC[PH+](C)C.C[PH+](C)CC[PH+](C)C.[Ni]. The predicted octanol–water partition coefficient (Wildman–Crippen LogP) is 3.87. The van der Waals surface area contributed by atoms with Crippen LogP contribution in [0.3, 0.4) is 0 Å². The Hall–Kier alpha value is 2.21. The molecule has 0 heterocycles. The van der Waals surface area contributed by atoms with Crippen LogP contribution in [0.25, 0.3) is 0 Å². The third kappa shape index (κ3) is 32.1. The van der Waals surface area contributed by atoms with Crippen LogP contribution in [0.15, 0.2) is 0 Å². The van der Waals surface area contributed by atoms with Crippen molar-refractivity contribution in [1.82, 2.24) is 0 Å². The average molecular weight is 363 g/mol. The van der Waals surface area contributed by atoms with Crippen molar-refractivity contribution in [2.24, 2.45) is 0 Å². The van der Waals surface area contributed by atoms with Gasteiger partial charge in [0.15, 0.2) is 0 Å². The summed E-state index contributed by atoms with van der Waals surface area (Å²) >= 11 is 0. The molecule has 0 aliphatic carbocycles. The largest absolute Gasteiger partial charge is 0.0899 e. The smallest absolute Gasteiger partial charge is 0.00165 e. The van der Waals surface area contributed by atoms with Crippen LogP contribution in [0.4, 0.5) is 0 Å². The molecular weight excluding hydrogens is 327 g/mol. The van der Waals surface area contributed by atoms with Crippen molar-refractivity contribution >= 4 is 31.7 Å². The first-order valence-corrected chi connectivity index (χ1v) is 17.2. The van der Waals surface area contributed by atoms with E-state index in [1.165, 1.54) is 24.6 Å². The summed E-state index contributed by atoms with van der Waals surface area (Å²) in [5.74, 6) is 0. The van der Waals surface area contributed by atoms with Gasteiger partial charge in [0.25, 0.3) is 0 Å². The summed E-state index contributed by atoms with van der Waals surface area (Å²) in [4.78, 5) is 0. The second kappa shape index (κ2) is 16.3. The Balaban J connectivity index is -0.000000218. The van der Waals surface area contributed by atoms with E-state index in [1.54, 1.807) is 0 Å². The Kier molecular flexibility index (Phi) is 23.2. The van der Waals surface area contributed by atoms with Gasteiger partial charge in [0.05, 0.1) is 24.6 Å². The molecule has 0 bridgehead atoms. The molecule has 0 radical (unpaired) electrons. The van der Waals surface area contributed by atoms with Crippen LogP contribution in [0.5, 0.6) is 0 Å². The first-order valence-electron chi connectivity index (χ1n) is 6.41. The van der Waals surface area contributed by atoms with E-state index in [-0.39, 0.29) is 48.2 Å². The molecule has 0 unspecified atom stereocenters. The standard InChI is InChI=1S/2C6H16P2.Ni/c2*1-7(2)5-6-8(3)4;/h2*5-6H2,1-4H3;/p+4. The van der Waals surface area contributed by atoms with E-state index in [2.05, 4.69) is 53.3 Å². The van der Waals surface area contributed by atoms with Gasteiger partial charge < -0.3 is 0 Å². The molecule has 0 atom stereocenters. The van der Waals surface area contributed by atoms with Crippen LogP contribution in [0.2, 0.25) is 0 Å². The molecule has 0 N–H and O–H groups in total. The van der Waals surface area contributed by atoms with E-state index < -0.39 is 0 Å². The van der Waals surface area contributed by atoms with Crippen LogP contribution < -0.4 is 0 Å². The molecule has 0 spiro atoms. The third-order valence-corrected chi connectivity index (χ3v) is 8.25. The maximum absolute atomic E-state index is 2.40. The maximum atomic E-state index is 2.40. The normalized spacial score (nSPS) is 10.6. The van der Waals surface area contributed by atoms with Crippen molar-refractivity contribution in [3.63, 3.8) is 0 Å². The van der Waals surface area contributed by atoms with E-state index in [1.807, 2.05) is 0 Å². The fraction of sp³-hybridized carbons (Fsp3) is 1.00. The molecule has 0 aromatic carbocycles. The zero-order valence-corrected chi connectivity index (χ0v) is 18.1. The van der Waals surface area contributed by atoms with Crippen LogP contribution in [-0.4, -0.2) is 78.0 Å². The Morgan fingerprint density at radius 2 is 0.529 bits per heavy atom. The minimum Gasteiger partial charge on any atom is -0.00165 e. The minimum atomic E-state index is 0. The minimum absolute atomic E-state index is 0. The van der Waals surface area contributed by atoms with Crippen LogP contribution in [-0.2, 0) is 16.5 Å². The fourth-order valence-electron chi connectivity index (χ4n) is 1.000. The van der Waals surface area contributed by atoms with Gasteiger partial charge in [0.1, 0.15) is 0 Å². The first kappa shape index (κ1) is 24.2. The van der Waals surface area contributed by atoms with Crippen LogP contribution in [0, 0.1) is 0 Å². The molecule has 0 fully saturated rings. The van der Waals surface area contributed by atoms with Crippen molar-refractivity contribution < 1.29 is 16.5 Å². The second-order valence-corrected chi connectivity index (χ2v) is 17.5. The number of hydrogen-bond donors (Lipinski definition) is 0. The van der Waals surface area contributed by atoms with Crippen molar-refractivity contribution in [1.29, 1.82) is 0 Å². The Bertz CT molecular complexity index is 106. The molecule has 0 aromatic heterocycles. The zero-order valence-electron chi connectivity index (χ0n) is 13.1. The zero-order chi connectivity index (χ0) is 13.1. The fourth-order valence-corrected chi connectivity index (χ4v) is 9.00. The van der Waals surface area contributed by atoms with Gasteiger partial charge in [0.2, 0.25) is 0 Å². The molecule has 0 rings (SSSR count). The Morgan fingerprint density at radius 1 is 0.412 bits per heavy atom. The number of rotatable bonds is 6. The van der Waals surface area contributed by atoms with Gasteiger partial charge in [-0.15, -0.1) is 0 Å². The first-order chi connectivity index (χ1) is 7.25. The summed E-state index contributed by atoms with van der Waals surface area (Å²) < 4.78 is 0. The molecule has 110 valence electrons. The molecule has 0 aliphatic heterocycles. The third-order valence-electron chi connectivity index (χ3n) is 2.25. The molecule has 0 nitrogen and oxygen atoms in total. The molecule has 0 aromatic rings. The van der Waals surface area contributed by atoms with E-state index in [0.29, 0.717) is 0 Å². The topological polar surface area (TPSA) is 0 Å². The van der Waals surface area contributed by atoms with Crippen molar-refractivity contribution in [3.05, 3.63) is 0 Å². The van der Waals surface area contributed by atoms with E-state index in [0.717, 1.165) is 0 Å². The quantitative estimate of drug-likeness (QED) is 0.497. The van der Waals surface area contributed by atoms with Gasteiger partial charge in [0, 0.05) is 69.8 Å². The second-order valence-electron chi connectivity index (χ2n) is 5.83. The van der Waals surface area contributed by atoms with Gasteiger partial charge in [-0.2, -0.15) is 0 Å². The van der Waals surface area contributed by atoms with Gasteiger partial charge in [-0.25, -0.2) is 0 Å². The van der Waals surface area contributed by atoms with E-state index >= 15 is 0 Å². The predicted molar refractivity (Wildman–Crippen MR) is 100 cm³/mol. The van der Waals surface area contributed by atoms with Crippen LogP contribution in [0.1, 0.15) is 0 Å². The average Bonchev–Trinajstić information content (AvgIpc) is 2.12. The molecule has 0 saturated carbocycles. The van der Waals surface area contributed by atoms with Crippen LogP contribution >= 0.6 is 31.7 Å². The molecule has 0 saturated heterocycles. The Labute approximate surface area is 126 Å². The van der Waals surface area contributed by atoms with Crippen molar-refractivity contribution in [2.45, 2.75) is 0 Å². The van der Waals surface area contributed by atoms with E-state index in [4.69, 9.17) is 0 Å². The number of hydrogen-bond acceptors (Lipinski definition) is 0. The summed E-state index contributed by atoms with van der Waals surface area (Å²) in [5, 5.41) is 0. The molecule has 0 aliphatic rings.